The number of amides is 1. The van der Waals surface area contributed by atoms with Crippen LogP contribution in [-0.4, -0.2) is 35.0 Å². The first-order chi connectivity index (χ1) is 7.84. The number of hydrogen-bond acceptors (Lipinski definition) is 2. The summed E-state index contributed by atoms with van der Waals surface area (Å²) < 4.78 is 0.842. The van der Waals surface area contributed by atoms with Crippen LogP contribution in [0.1, 0.15) is 17.3 Å². The molecule has 1 N–H and O–H groups in total. The average Bonchev–Trinajstić information content (AvgIpc) is 2.29. The molecule has 1 aromatic rings. The van der Waals surface area contributed by atoms with E-state index in [-0.39, 0.29) is 5.91 Å². The molecule has 92 valence electrons. The van der Waals surface area contributed by atoms with Crippen LogP contribution in [0.4, 0.5) is 0 Å². The summed E-state index contributed by atoms with van der Waals surface area (Å²) in [6, 6.07) is 4.01. The molecule has 1 atom stereocenters. The van der Waals surface area contributed by atoms with Crippen molar-refractivity contribution in [2.45, 2.75) is 13.0 Å². The summed E-state index contributed by atoms with van der Waals surface area (Å²) in [4.78, 5) is 23.9. The standard InChI is InChI=1S/C11H11ClINO3/c1-6(11(16)17)14(2)10(15)7-3-4-9(13)8(12)5-7/h3-6H,1-2H3,(H,16,17). The molecule has 1 amide bonds. The van der Waals surface area contributed by atoms with E-state index in [2.05, 4.69) is 22.6 Å². The quantitative estimate of drug-likeness (QED) is 0.835. The Bertz CT molecular complexity index is 464. The van der Waals surface area contributed by atoms with Gasteiger partial charge in [0.05, 0.1) is 5.02 Å². The lowest BCUT2D eigenvalue weighted by Gasteiger charge is -2.21. The number of nitrogens with zero attached hydrogens (tertiary/aromatic N) is 1. The molecule has 0 saturated heterocycles. The first-order valence-corrected chi connectivity index (χ1v) is 6.25. The van der Waals surface area contributed by atoms with Crippen LogP contribution in [0, 0.1) is 3.57 Å². The van der Waals surface area contributed by atoms with Gasteiger partial charge in [-0.05, 0) is 47.7 Å². The number of hydrogen-bond donors (Lipinski definition) is 1. The lowest BCUT2D eigenvalue weighted by Crippen LogP contribution is -2.40. The van der Waals surface area contributed by atoms with Gasteiger partial charge in [-0.15, -0.1) is 0 Å². The molecular weight excluding hydrogens is 356 g/mol. The summed E-state index contributed by atoms with van der Waals surface area (Å²) in [7, 11) is 1.45. The summed E-state index contributed by atoms with van der Waals surface area (Å²) in [5.74, 6) is -1.41. The largest absolute Gasteiger partial charge is 0.480 e. The molecule has 0 radical (unpaired) electrons. The van der Waals surface area contributed by atoms with Gasteiger partial charge in [0.25, 0.3) is 5.91 Å². The number of carboxylic acid groups (broad SMARTS) is 1. The monoisotopic (exact) mass is 367 g/mol. The Hall–Kier alpha value is -0.820. The Labute approximate surface area is 118 Å². The zero-order chi connectivity index (χ0) is 13.2. The molecule has 1 unspecified atom stereocenters. The van der Waals surface area contributed by atoms with Crippen LogP contribution in [0.15, 0.2) is 18.2 Å². The highest BCUT2D eigenvalue weighted by Gasteiger charge is 2.22. The summed E-state index contributed by atoms with van der Waals surface area (Å²) in [6.07, 6.45) is 0. The molecule has 0 aliphatic heterocycles. The SMILES string of the molecule is CC(C(=O)O)N(C)C(=O)c1ccc(I)c(Cl)c1. The van der Waals surface area contributed by atoms with Crippen LogP contribution >= 0.6 is 34.2 Å². The third kappa shape index (κ3) is 3.32. The smallest absolute Gasteiger partial charge is 0.326 e. The van der Waals surface area contributed by atoms with Crippen LogP contribution in [0.2, 0.25) is 5.02 Å². The van der Waals surface area contributed by atoms with Crippen molar-refractivity contribution in [3.05, 3.63) is 32.4 Å². The van der Waals surface area contributed by atoms with Gasteiger partial charge < -0.3 is 10.0 Å². The van der Waals surface area contributed by atoms with Crippen molar-refractivity contribution in [1.82, 2.24) is 4.90 Å². The van der Waals surface area contributed by atoms with Crippen molar-refractivity contribution in [3.63, 3.8) is 0 Å². The maximum absolute atomic E-state index is 12.0. The summed E-state index contributed by atoms with van der Waals surface area (Å²) >= 11 is 7.96. The molecule has 0 spiro atoms. The molecule has 0 aromatic heterocycles. The zero-order valence-electron chi connectivity index (χ0n) is 9.28. The molecule has 1 aromatic carbocycles. The van der Waals surface area contributed by atoms with Gasteiger partial charge >= 0.3 is 5.97 Å². The van der Waals surface area contributed by atoms with E-state index in [1.807, 2.05) is 0 Å². The van der Waals surface area contributed by atoms with Gasteiger partial charge in [0.1, 0.15) is 6.04 Å². The minimum absolute atomic E-state index is 0.363. The topological polar surface area (TPSA) is 57.6 Å². The predicted octanol–water partition coefficient (Wildman–Crippen LogP) is 2.49. The van der Waals surface area contributed by atoms with E-state index in [1.165, 1.54) is 24.9 Å². The molecule has 17 heavy (non-hydrogen) atoms. The number of aliphatic carboxylic acids is 1. The maximum atomic E-state index is 12.0. The lowest BCUT2D eigenvalue weighted by molar-refractivity contribution is -0.141. The second-order valence-corrected chi connectivity index (χ2v) is 5.13. The fraction of sp³-hybridized carbons (Fsp3) is 0.273. The molecule has 0 aliphatic carbocycles. The fourth-order valence-electron chi connectivity index (χ4n) is 1.17. The Morgan fingerprint density at radius 1 is 1.47 bits per heavy atom. The first kappa shape index (κ1) is 14.2. The van der Waals surface area contributed by atoms with E-state index in [0.29, 0.717) is 10.6 Å². The Morgan fingerprint density at radius 3 is 2.53 bits per heavy atom. The third-order valence-corrected chi connectivity index (χ3v) is 4.00. The summed E-state index contributed by atoms with van der Waals surface area (Å²) in [5.41, 5.74) is 0.381. The van der Waals surface area contributed by atoms with E-state index in [4.69, 9.17) is 16.7 Å². The van der Waals surface area contributed by atoms with E-state index in [0.717, 1.165) is 3.57 Å². The number of carbonyl (C=O) groups is 2. The molecule has 6 heteroatoms. The van der Waals surface area contributed by atoms with Gasteiger partial charge in [0.2, 0.25) is 0 Å². The number of halogens is 2. The van der Waals surface area contributed by atoms with Crippen molar-refractivity contribution in [2.24, 2.45) is 0 Å². The van der Waals surface area contributed by atoms with Gasteiger partial charge in [-0.1, -0.05) is 11.6 Å². The Balaban J connectivity index is 2.96. The Morgan fingerprint density at radius 2 is 2.06 bits per heavy atom. The second-order valence-electron chi connectivity index (χ2n) is 3.56. The van der Waals surface area contributed by atoms with Gasteiger partial charge in [0, 0.05) is 16.2 Å². The highest BCUT2D eigenvalue weighted by molar-refractivity contribution is 14.1. The zero-order valence-corrected chi connectivity index (χ0v) is 12.2. The second kappa shape index (κ2) is 5.68. The number of rotatable bonds is 3. The molecule has 0 heterocycles. The summed E-state index contributed by atoms with van der Waals surface area (Å²) in [5, 5.41) is 9.31. The number of benzene rings is 1. The van der Waals surface area contributed by atoms with E-state index >= 15 is 0 Å². The average molecular weight is 368 g/mol. The molecule has 0 aliphatic rings. The molecular formula is C11H11ClINO3. The maximum Gasteiger partial charge on any atom is 0.326 e. The van der Waals surface area contributed by atoms with Crippen LogP contribution in [0.25, 0.3) is 0 Å². The first-order valence-electron chi connectivity index (χ1n) is 4.79. The number of carbonyl (C=O) groups excluding carboxylic acids is 1. The number of likely N-dealkylation sites (N-methyl/N-ethyl adjacent to an activating group) is 1. The molecule has 0 bridgehead atoms. The van der Waals surface area contributed by atoms with Crippen LogP contribution in [0.5, 0.6) is 0 Å². The molecule has 1 rings (SSSR count). The van der Waals surface area contributed by atoms with Gasteiger partial charge in [-0.3, -0.25) is 4.79 Å². The fourth-order valence-corrected chi connectivity index (χ4v) is 1.69. The summed E-state index contributed by atoms with van der Waals surface area (Å²) in [6.45, 7) is 1.45. The van der Waals surface area contributed by atoms with Crippen molar-refractivity contribution in [2.75, 3.05) is 7.05 Å². The molecule has 4 nitrogen and oxygen atoms in total. The van der Waals surface area contributed by atoms with Crippen LogP contribution in [0.3, 0.4) is 0 Å². The van der Waals surface area contributed by atoms with Gasteiger partial charge in [-0.25, -0.2) is 4.79 Å². The predicted molar refractivity (Wildman–Crippen MR) is 73.4 cm³/mol. The van der Waals surface area contributed by atoms with Crippen molar-refractivity contribution < 1.29 is 14.7 Å². The molecule has 0 saturated carbocycles. The van der Waals surface area contributed by atoms with Crippen LogP contribution < -0.4 is 0 Å². The van der Waals surface area contributed by atoms with E-state index in [1.54, 1.807) is 12.1 Å². The van der Waals surface area contributed by atoms with Gasteiger partial charge in [0.15, 0.2) is 0 Å². The van der Waals surface area contributed by atoms with Crippen molar-refractivity contribution >= 4 is 46.1 Å². The van der Waals surface area contributed by atoms with Crippen molar-refractivity contribution in [1.29, 1.82) is 0 Å². The third-order valence-electron chi connectivity index (χ3n) is 2.43. The minimum Gasteiger partial charge on any atom is -0.480 e. The Kier molecular flexibility index (Phi) is 4.76. The minimum atomic E-state index is -1.04. The van der Waals surface area contributed by atoms with E-state index in [9.17, 15) is 9.59 Å². The van der Waals surface area contributed by atoms with Crippen LogP contribution in [-0.2, 0) is 4.79 Å². The highest BCUT2D eigenvalue weighted by Crippen LogP contribution is 2.20. The lowest BCUT2D eigenvalue weighted by atomic mass is 10.2. The number of carboxylic acids is 1. The molecule has 0 fully saturated rings. The van der Waals surface area contributed by atoms with Gasteiger partial charge in [-0.2, -0.15) is 0 Å². The highest BCUT2D eigenvalue weighted by atomic mass is 127. The normalized spacial score (nSPS) is 12.0. The van der Waals surface area contributed by atoms with Crippen molar-refractivity contribution in [3.8, 4) is 0 Å². The van der Waals surface area contributed by atoms with E-state index < -0.39 is 12.0 Å².